The van der Waals surface area contributed by atoms with E-state index in [2.05, 4.69) is 20.9 Å². The molecule has 0 unspecified atom stereocenters. The number of amides is 2. The molecule has 2 amide bonds. The Balaban J connectivity index is 2.43. The molecule has 0 aliphatic carbocycles. The lowest BCUT2D eigenvalue weighted by molar-refractivity contribution is -0.122. The van der Waals surface area contributed by atoms with Crippen molar-refractivity contribution in [3.05, 3.63) is 11.9 Å². The monoisotopic (exact) mass is 282 g/mol. The Morgan fingerprint density at radius 1 is 1.35 bits per heavy atom. The van der Waals surface area contributed by atoms with E-state index in [9.17, 15) is 9.59 Å². The summed E-state index contributed by atoms with van der Waals surface area (Å²) in [7, 11) is 0. The lowest BCUT2D eigenvalue weighted by Gasteiger charge is -2.14. The predicted octanol–water partition coefficient (Wildman–Crippen LogP) is -0.842. The quantitative estimate of drug-likeness (QED) is 0.575. The highest BCUT2D eigenvalue weighted by Crippen LogP contribution is 1.97. The van der Waals surface area contributed by atoms with Gasteiger partial charge in [-0.2, -0.15) is 0 Å². The summed E-state index contributed by atoms with van der Waals surface area (Å²) in [5.41, 5.74) is 5.76. The van der Waals surface area contributed by atoms with Gasteiger partial charge in [0.25, 0.3) is 0 Å². The molecule has 0 saturated carbocycles. The Bertz CT molecular complexity index is 441. The van der Waals surface area contributed by atoms with Gasteiger partial charge in [-0.3, -0.25) is 9.59 Å². The summed E-state index contributed by atoms with van der Waals surface area (Å²) >= 11 is 0. The fraction of sp³-hybridized carbons (Fsp3) is 0.667. The average molecular weight is 282 g/mol. The number of carbonyl (C=O) groups excluding carboxylic acids is 2. The first-order valence-electron chi connectivity index (χ1n) is 6.74. The molecule has 0 aromatic carbocycles. The number of hydrogen-bond donors (Lipinski definition) is 3. The molecule has 1 aromatic rings. The van der Waals surface area contributed by atoms with Crippen molar-refractivity contribution >= 4 is 11.8 Å². The lowest BCUT2D eigenvalue weighted by atomic mass is 10.2. The Morgan fingerprint density at radius 2 is 2.05 bits per heavy atom. The maximum Gasteiger partial charge on any atom is 0.242 e. The van der Waals surface area contributed by atoms with Gasteiger partial charge >= 0.3 is 0 Å². The van der Waals surface area contributed by atoms with Crippen LogP contribution in [-0.4, -0.2) is 39.4 Å². The second-order valence-electron chi connectivity index (χ2n) is 4.47. The summed E-state index contributed by atoms with van der Waals surface area (Å²) in [5.74, 6) is -0.354. The third kappa shape index (κ3) is 5.35. The molecule has 0 atom stereocenters. The minimum atomic E-state index is -0.258. The maximum atomic E-state index is 11.8. The fourth-order valence-electron chi connectivity index (χ4n) is 1.67. The molecule has 8 nitrogen and oxygen atoms in total. The zero-order valence-electron chi connectivity index (χ0n) is 11.9. The number of rotatable bonds is 8. The number of hydrogen-bond acceptors (Lipinski definition) is 5. The number of nitrogens with two attached hydrogens (primary N) is 1. The standard InChI is InChI=1S/C12H22N6O2/c1-3-9(4-2)15-12(20)8-18-7-10(16-17-18)6-14-11(19)5-13/h7,9H,3-6,8,13H2,1-2H3,(H,14,19)(H,15,20). The molecule has 0 fully saturated rings. The minimum absolute atomic E-state index is 0.0635. The van der Waals surface area contributed by atoms with Crippen LogP contribution in [-0.2, 0) is 22.7 Å². The summed E-state index contributed by atoms with van der Waals surface area (Å²) in [6.07, 6.45) is 3.43. The van der Waals surface area contributed by atoms with Crippen LogP contribution in [0.2, 0.25) is 0 Å². The van der Waals surface area contributed by atoms with Gasteiger partial charge in [0, 0.05) is 6.04 Å². The van der Waals surface area contributed by atoms with Crippen LogP contribution in [0.4, 0.5) is 0 Å². The predicted molar refractivity (Wildman–Crippen MR) is 73.4 cm³/mol. The van der Waals surface area contributed by atoms with E-state index in [-0.39, 0.29) is 37.5 Å². The number of aromatic nitrogens is 3. The largest absolute Gasteiger partial charge is 0.352 e. The van der Waals surface area contributed by atoms with E-state index in [0.717, 1.165) is 12.8 Å². The number of nitrogens with one attached hydrogen (secondary N) is 2. The van der Waals surface area contributed by atoms with Crippen molar-refractivity contribution < 1.29 is 9.59 Å². The van der Waals surface area contributed by atoms with Gasteiger partial charge in [0.05, 0.1) is 19.3 Å². The SMILES string of the molecule is CCC(CC)NC(=O)Cn1cc(CNC(=O)CN)nn1. The molecule has 0 spiro atoms. The molecule has 1 heterocycles. The molecule has 0 aliphatic rings. The molecule has 0 bridgehead atoms. The highest BCUT2D eigenvalue weighted by atomic mass is 16.2. The Hall–Kier alpha value is -1.96. The van der Waals surface area contributed by atoms with Gasteiger partial charge < -0.3 is 16.4 Å². The third-order valence-corrected chi connectivity index (χ3v) is 2.89. The van der Waals surface area contributed by atoms with E-state index in [1.807, 2.05) is 13.8 Å². The van der Waals surface area contributed by atoms with Crippen LogP contribution in [0.15, 0.2) is 6.20 Å². The van der Waals surface area contributed by atoms with E-state index in [1.54, 1.807) is 6.20 Å². The van der Waals surface area contributed by atoms with Crippen molar-refractivity contribution in [3.63, 3.8) is 0 Å². The first-order valence-corrected chi connectivity index (χ1v) is 6.74. The second-order valence-corrected chi connectivity index (χ2v) is 4.47. The topological polar surface area (TPSA) is 115 Å². The van der Waals surface area contributed by atoms with Crippen molar-refractivity contribution in [2.24, 2.45) is 5.73 Å². The van der Waals surface area contributed by atoms with E-state index >= 15 is 0 Å². The highest BCUT2D eigenvalue weighted by molar-refractivity contribution is 5.77. The van der Waals surface area contributed by atoms with Crippen molar-refractivity contribution in [1.29, 1.82) is 0 Å². The van der Waals surface area contributed by atoms with Crippen LogP contribution < -0.4 is 16.4 Å². The van der Waals surface area contributed by atoms with Crippen LogP contribution in [0.5, 0.6) is 0 Å². The summed E-state index contributed by atoms with van der Waals surface area (Å²) in [6, 6.07) is 0.189. The molecular formula is C12H22N6O2. The molecule has 4 N–H and O–H groups in total. The summed E-state index contributed by atoms with van der Waals surface area (Å²) in [4.78, 5) is 22.8. The van der Waals surface area contributed by atoms with E-state index in [0.29, 0.717) is 5.69 Å². The molecule has 1 rings (SSSR count). The molecule has 8 heteroatoms. The zero-order valence-corrected chi connectivity index (χ0v) is 11.9. The van der Waals surface area contributed by atoms with Crippen molar-refractivity contribution in [1.82, 2.24) is 25.6 Å². The smallest absolute Gasteiger partial charge is 0.242 e. The van der Waals surface area contributed by atoms with Crippen LogP contribution in [0, 0.1) is 0 Å². The van der Waals surface area contributed by atoms with Crippen LogP contribution in [0.1, 0.15) is 32.4 Å². The van der Waals surface area contributed by atoms with Crippen molar-refractivity contribution in [2.45, 2.75) is 45.8 Å². The third-order valence-electron chi connectivity index (χ3n) is 2.89. The first kappa shape index (κ1) is 16.1. The Kier molecular flexibility index (Phi) is 6.65. The minimum Gasteiger partial charge on any atom is -0.352 e. The molecule has 112 valence electrons. The molecule has 0 saturated heterocycles. The molecule has 0 aliphatic heterocycles. The summed E-state index contributed by atoms with van der Waals surface area (Å²) < 4.78 is 1.45. The van der Waals surface area contributed by atoms with Gasteiger partial charge in [0.2, 0.25) is 11.8 Å². The summed E-state index contributed by atoms with van der Waals surface area (Å²) in [6.45, 7) is 4.37. The van der Waals surface area contributed by atoms with Gasteiger partial charge in [0.1, 0.15) is 12.2 Å². The maximum absolute atomic E-state index is 11.8. The number of nitrogens with zero attached hydrogens (tertiary/aromatic N) is 3. The van der Waals surface area contributed by atoms with Gasteiger partial charge in [-0.1, -0.05) is 19.1 Å². The van der Waals surface area contributed by atoms with Crippen LogP contribution in [0.3, 0.4) is 0 Å². The van der Waals surface area contributed by atoms with Crippen LogP contribution in [0.25, 0.3) is 0 Å². The van der Waals surface area contributed by atoms with E-state index in [4.69, 9.17) is 5.73 Å². The second kappa shape index (κ2) is 8.26. The normalized spacial score (nSPS) is 10.6. The lowest BCUT2D eigenvalue weighted by Crippen LogP contribution is -2.36. The zero-order chi connectivity index (χ0) is 15.0. The van der Waals surface area contributed by atoms with Gasteiger partial charge in [-0.15, -0.1) is 5.10 Å². The summed E-state index contributed by atoms with van der Waals surface area (Å²) in [5, 5.41) is 13.2. The van der Waals surface area contributed by atoms with E-state index in [1.165, 1.54) is 4.68 Å². The van der Waals surface area contributed by atoms with E-state index < -0.39 is 0 Å². The van der Waals surface area contributed by atoms with Gasteiger partial charge in [-0.05, 0) is 12.8 Å². The van der Waals surface area contributed by atoms with Crippen molar-refractivity contribution in [3.8, 4) is 0 Å². The average Bonchev–Trinajstić information content (AvgIpc) is 2.89. The fourth-order valence-corrected chi connectivity index (χ4v) is 1.67. The van der Waals surface area contributed by atoms with Gasteiger partial charge in [-0.25, -0.2) is 4.68 Å². The van der Waals surface area contributed by atoms with Crippen LogP contribution >= 0.6 is 0 Å². The molecular weight excluding hydrogens is 260 g/mol. The Morgan fingerprint density at radius 3 is 2.65 bits per heavy atom. The van der Waals surface area contributed by atoms with Gasteiger partial charge in [0.15, 0.2) is 0 Å². The molecule has 1 aromatic heterocycles. The number of carbonyl (C=O) groups is 2. The molecule has 0 radical (unpaired) electrons. The first-order chi connectivity index (χ1) is 9.58. The highest BCUT2D eigenvalue weighted by Gasteiger charge is 2.10. The Labute approximate surface area is 118 Å². The van der Waals surface area contributed by atoms with Crippen molar-refractivity contribution in [2.75, 3.05) is 6.54 Å². The molecule has 20 heavy (non-hydrogen) atoms.